The molecule has 1 heterocycles. The topological polar surface area (TPSA) is 37.4 Å². The van der Waals surface area contributed by atoms with Gasteiger partial charge in [-0.15, -0.1) is 0 Å². The van der Waals surface area contributed by atoms with Crippen LogP contribution >= 0.6 is 12.8 Å². The highest BCUT2D eigenvalue weighted by molar-refractivity contribution is 7.79. The highest BCUT2D eigenvalue weighted by atomic mass is 32.1. The van der Waals surface area contributed by atoms with E-state index >= 15 is 0 Å². The summed E-state index contributed by atoms with van der Waals surface area (Å²) in [7, 11) is 0. The minimum absolute atomic E-state index is 0.196. The summed E-state index contributed by atoms with van der Waals surface area (Å²) < 4.78 is 0.861. The van der Waals surface area contributed by atoms with E-state index in [9.17, 15) is 9.59 Å². The Labute approximate surface area is 88.3 Å². The van der Waals surface area contributed by atoms with Gasteiger partial charge in [-0.1, -0.05) is 49.2 Å². The van der Waals surface area contributed by atoms with Crippen LogP contribution in [0.3, 0.4) is 0 Å². The van der Waals surface area contributed by atoms with Crippen LogP contribution in [0.2, 0.25) is 0 Å². The highest BCUT2D eigenvalue weighted by Crippen LogP contribution is 2.12. The first-order valence-corrected chi connectivity index (χ1v) is 4.66. The largest absolute Gasteiger partial charge is 0.273 e. The predicted octanol–water partition coefficient (Wildman–Crippen LogP) is 1.67. The molecule has 0 N–H and O–H groups in total. The molecule has 0 radical (unpaired) electrons. The van der Waals surface area contributed by atoms with Crippen molar-refractivity contribution in [3.8, 4) is 0 Å². The van der Waals surface area contributed by atoms with Crippen LogP contribution in [0.1, 0.15) is 12.8 Å². The van der Waals surface area contributed by atoms with Crippen LogP contribution in [-0.2, 0) is 9.59 Å². The molecule has 2 amide bonds. The number of rotatable bonds is 0. The van der Waals surface area contributed by atoms with E-state index < -0.39 is 0 Å². The van der Waals surface area contributed by atoms with Gasteiger partial charge in [-0.2, -0.15) is 0 Å². The van der Waals surface area contributed by atoms with E-state index in [4.69, 9.17) is 0 Å². The van der Waals surface area contributed by atoms with Crippen LogP contribution in [0.4, 0.5) is 0 Å². The second-order valence-corrected chi connectivity index (χ2v) is 3.15. The van der Waals surface area contributed by atoms with Crippen molar-refractivity contribution < 1.29 is 9.59 Å². The van der Waals surface area contributed by atoms with E-state index in [1.807, 2.05) is 36.4 Å². The summed E-state index contributed by atoms with van der Waals surface area (Å²) >= 11 is 3.62. The lowest BCUT2D eigenvalue weighted by atomic mass is 10.4. The molecule has 1 aromatic carbocycles. The number of thiol groups is 1. The molecule has 1 aromatic rings. The van der Waals surface area contributed by atoms with E-state index in [0.717, 1.165) is 4.31 Å². The highest BCUT2D eigenvalue weighted by Gasteiger charge is 2.25. The zero-order chi connectivity index (χ0) is 10.4. The number of carbonyl (C=O) groups is 2. The van der Waals surface area contributed by atoms with Crippen LogP contribution in [0.15, 0.2) is 36.4 Å². The van der Waals surface area contributed by atoms with Gasteiger partial charge in [0.1, 0.15) is 0 Å². The van der Waals surface area contributed by atoms with Gasteiger partial charge in [0.2, 0.25) is 11.8 Å². The van der Waals surface area contributed by atoms with Gasteiger partial charge >= 0.3 is 0 Å². The minimum atomic E-state index is -0.196. The molecule has 0 aliphatic carbocycles. The molecule has 0 aromatic heterocycles. The number of imide groups is 1. The Kier molecular flexibility index (Phi) is 4.19. The maximum Gasteiger partial charge on any atom is 0.239 e. The SMILES string of the molecule is O=C1CCC(=O)N1S.c1ccccc1. The maximum absolute atomic E-state index is 10.4. The molecule has 0 bridgehead atoms. The summed E-state index contributed by atoms with van der Waals surface area (Å²) in [6.45, 7) is 0. The third kappa shape index (κ3) is 3.22. The summed E-state index contributed by atoms with van der Waals surface area (Å²) in [4.78, 5) is 20.8. The van der Waals surface area contributed by atoms with Gasteiger partial charge in [-0.3, -0.25) is 9.59 Å². The van der Waals surface area contributed by atoms with Crippen molar-refractivity contribution in [2.75, 3.05) is 0 Å². The van der Waals surface area contributed by atoms with Crippen LogP contribution in [0, 0.1) is 0 Å². The monoisotopic (exact) mass is 209 g/mol. The van der Waals surface area contributed by atoms with Gasteiger partial charge in [0.05, 0.1) is 0 Å². The quantitative estimate of drug-likeness (QED) is 0.521. The van der Waals surface area contributed by atoms with E-state index in [0.29, 0.717) is 12.8 Å². The van der Waals surface area contributed by atoms with Crippen molar-refractivity contribution in [2.24, 2.45) is 0 Å². The molecule has 1 fully saturated rings. The Morgan fingerprint density at radius 2 is 1.14 bits per heavy atom. The molecular weight excluding hydrogens is 198 g/mol. The molecule has 14 heavy (non-hydrogen) atoms. The number of hydrogen-bond donors (Lipinski definition) is 1. The summed E-state index contributed by atoms with van der Waals surface area (Å²) in [5.41, 5.74) is 0. The van der Waals surface area contributed by atoms with Crippen LogP contribution in [0.25, 0.3) is 0 Å². The van der Waals surface area contributed by atoms with Crippen LogP contribution in [0.5, 0.6) is 0 Å². The molecule has 0 atom stereocenters. The Morgan fingerprint density at radius 1 is 0.857 bits per heavy atom. The van der Waals surface area contributed by atoms with Crippen molar-refractivity contribution in [1.29, 1.82) is 0 Å². The zero-order valence-corrected chi connectivity index (χ0v) is 8.48. The molecule has 0 unspecified atom stereocenters. The first-order valence-electron chi connectivity index (χ1n) is 4.26. The predicted molar refractivity (Wildman–Crippen MR) is 56.5 cm³/mol. The number of carbonyl (C=O) groups excluding carboxylic acids is 2. The maximum atomic E-state index is 10.4. The lowest BCUT2D eigenvalue weighted by molar-refractivity contribution is -0.131. The Morgan fingerprint density at radius 3 is 1.29 bits per heavy atom. The average molecular weight is 209 g/mol. The lowest BCUT2D eigenvalue weighted by Crippen LogP contribution is -2.17. The minimum Gasteiger partial charge on any atom is -0.273 e. The molecule has 1 saturated heterocycles. The molecule has 2 rings (SSSR count). The Hall–Kier alpha value is -1.29. The number of amides is 2. The third-order valence-electron chi connectivity index (χ3n) is 1.69. The van der Waals surface area contributed by atoms with Gasteiger partial charge in [-0.25, -0.2) is 4.31 Å². The number of benzene rings is 1. The first-order chi connectivity index (χ1) is 6.72. The van der Waals surface area contributed by atoms with Crippen LogP contribution < -0.4 is 0 Å². The fourth-order valence-electron chi connectivity index (χ4n) is 0.950. The second kappa shape index (κ2) is 5.44. The van der Waals surface area contributed by atoms with Crippen molar-refractivity contribution in [3.05, 3.63) is 36.4 Å². The average Bonchev–Trinajstić information content (AvgIpc) is 2.53. The van der Waals surface area contributed by atoms with Crippen molar-refractivity contribution in [1.82, 2.24) is 4.31 Å². The summed E-state index contributed by atoms with van der Waals surface area (Å²) in [5, 5.41) is 0. The molecular formula is C10H11NO2S. The number of nitrogens with zero attached hydrogens (tertiary/aromatic N) is 1. The van der Waals surface area contributed by atoms with E-state index in [2.05, 4.69) is 12.8 Å². The van der Waals surface area contributed by atoms with Gasteiger partial charge < -0.3 is 0 Å². The third-order valence-corrected chi connectivity index (χ3v) is 2.14. The van der Waals surface area contributed by atoms with Crippen LogP contribution in [-0.4, -0.2) is 16.1 Å². The van der Waals surface area contributed by atoms with E-state index in [1.54, 1.807) is 0 Å². The molecule has 1 aliphatic rings. The molecule has 74 valence electrons. The van der Waals surface area contributed by atoms with Crippen molar-refractivity contribution in [2.45, 2.75) is 12.8 Å². The standard InChI is InChI=1S/C6H6.C4H5NO2S/c1-2-4-6-5-3-1;6-3-1-2-4(7)5(3)8/h1-6H;8H,1-2H2. The molecule has 0 saturated carbocycles. The molecule has 0 spiro atoms. The van der Waals surface area contributed by atoms with Gasteiger partial charge in [0.15, 0.2) is 0 Å². The smallest absolute Gasteiger partial charge is 0.239 e. The summed E-state index contributed by atoms with van der Waals surface area (Å²) in [5.74, 6) is -0.392. The Bertz CT molecular complexity index is 270. The molecule has 1 aliphatic heterocycles. The zero-order valence-electron chi connectivity index (χ0n) is 7.59. The summed E-state index contributed by atoms with van der Waals surface area (Å²) in [6.07, 6.45) is 0.644. The lowest BCUT2D eigenvalue weighted by Gasteiger charge is -1.99. The van der Waals surface area contributed by atoms with E-state index in [1.165, 1.54) is 0 Å². The fraction of sp³-hybridized carbons (Fsp3) is 0.200. The Balaban J connectivity index is 0.000000146. The first kappa shape index (κ1) is 10.8. The van der Waals surface area contributed by atoms with Crippen molar-refractivity contribution >= 4 is 24.6 Å². The van der Waals surface area contributed by atoms with Gasteiger partial charge in [0, 0.05) is 12.8 Å². The summed E-state index contributed by atoms with van der Waals surface area (Å²) in [6, 6.07) is 12.0. The van der Waals surface area contributed by atoms with Crippen molar-refractivity contribution in [3.63, 3.8) is 0 Å². The molecule has 4 heteroatoms. The van der Waals surface area contributed by atoms with E-state index in [-0.39, 0.29) is 11.8 Å². The fourth-order valence-corrected chi connectivity index (χ4v) is 1.15. The molecule has 3 nitrogen and oxygen atoms in total. The van der Waals surface area contributed by atoms with Gasteiger partial charge in [0.25, 0.3) is 0 Å². The second-order valence-electron chi connectivity index (χ2n) is 2.75. The van der Waals surface area contributed by atoms with Gasteiger partial charge in [-0.05, 0) is 0 Å². The normalized spacial score (nSPS) is 15.1. The number of hydrogen-bond acceptors (Lipinski definition) is 3.